The van der Waals surface area contributed by atoms with Gasteiger partial charge in [-0.15, -0.1) is 0 Å². The number of nitro groups is 1. The first-order valence-electron chi connectivity index (χ1n) is 4.95. The van der Waals surface area contributed by atoms with Crippen LogP contribution in [0.3, 0.4) is 0 Å². The highest BCUT2D eigenvalue weighted by molar-refractivity contribution is 7.99. The molecule has 1 aromatic rings. The predicted octanol–water partition coefficient (Wildman–Crippen LogP) is 3.28. The fourth-order valence-electron chi connectivity index (χ4n) is 1.30. The number of hydrogen-bond donors (Lipinski definition) is 0. The van der Waals surface area contributed by atoms with E-state index in [4.69, 9.17) is 0 Å². The van der Waals surface area contributed by atoms with E-state index in [0.717, 1.165) is 17.7 Å². The number of aryl methyl sites for hydroxylation is 1. The molecule has 0 saturated carbocycles. The summed E-state index contributed by atoms with van der Waals surface area (Å²) in [4.78, 5) is 10.4. The first kappa shape index (κ1) is 12.0. The summed E-state index contributed by atoms with van der Waals surface area (Å²) in [5, 5.41) is 11.3. The minimum absolute atomic E-state index is 0.238. The summed E-state index contributed by atoms with van der Waals surface area (Å²) in [5.74, 6) is 0.933. The Kier molecular flexibility index (Phi) is 4.62. The van der Waals surface area contributed by atoms with E-state index < -0.39 is 0 Å². The zero-order valence-corrected chi connectivity index (χ0v) is 9.79. The zero-order valence-electron chi connectivity index (χ0n) is 8.97. The van der Waals surface area contributed by atoms with Crippen LogP contribution in [0, 0.1) is 10.1 Å². The molecule has 0 aliphatic rings. The quantitative estimate of drug-likeness (QED) is 0.570. The lowest BCUT2D eigenvalue weighted by Crippen LogP contribution is -1.98. The molecule has 0 aliphatic heterocycles. The monoisotopic (exact) mass is 225 g/mol. The van der Waals surface area contributed by atoms with Crippen molar-refractivity contribution in [3.05, 3.63) is 39.9 Å². The molecule has 3 nitrogen and oxygen atoms in total. The third-order valence-corrected chi connectivity index (χ3v) is 3.12. The largest absolute Gasteiger partial charge is 0.272 e. The van der Waals surface area contributed by atoms with Gasteiger partial charge in [-0.2, -0.15) is 11.8 Å². The molecule has 0 N–H and O–H groups in total. The molecular formula is C11H15NO2S. The summed E-state index contributed by atoms with van der Waals surface area (Å²) in [6.45, 7) is 4.26. The Labute approximate surface area is 94.0 Å². The number of thioether (sulfide) groups is 1. The second-order valence-electron chi connectivity index (χ2n) is 3.56. The minimum Gasteiger partial charge on any atom is -0.258 e. The summed E-state index contributed by atoms with van der Waals surface area (Å²) in [7, 11) is 0. The molecule has 0 fully saturated rings. The van der Waals surface area contributed by atoms with E-state index in [0.29, 0.717) is 5.25 Å². The lowest BCUT2D eigenvalue weighted by molar-refractivity contribution is -0.385. The molecule has 0 unspecified atom stereocenters. The van der Waals surface area contributed by atoms with Crippen molar-refractivity contribution in [2.75, 3.05) is 5.75 Å². The van der Waals surface area contributed by atoms with Crippen LogP contribution in [0.25, 0.3) is 0 Å². The Morgan fingerprint density at radius 1 is 1.40 bits per heavy atom. The van der Waals surface area contributed by atoms with Crippen LogP contribution in [0.1, 0.15) is 19.4 Å². The van der Waals surface area contributed by atoms with Crippen LogP contribution < -0.4 is 0 Å². The third-order valence-electron chi connectivity index (χ3n) is 2.01. The zero-order chi connectivity index (χ0) is 11.3. The smallest absolute Gasteiger partial charge is 0.258 e. The lowest BCUT2D eigenvalue weighted by Gasteiger charge is -2.05. The molecule has 0 spiro atoms. The number of hydrogen-bond acceptors (Lipinski definition) is 3. The number of nitro benzene ring substituents is 1. The minimum atomic E-state index is -0.310. The van der Waals surface area contributed by atoms with Crippen LogP contribution in [0.2, 0.25) is 0 Å². The average molecular weight is 225 g/mol. The Bertz CT molecular complexity index is 339. The van der Waals surface area contributed by atoms with E-state index in [2.05, 4.69) is 13.8 Å². The summed E-state index contributed by atoms with van der Waals surface area (Å²) < 4.78 is 0. The summed E-state index contributed by atoms with van der Waals surface area (Å²) >= 11 is 1.82. The maximum absolute atomic E-state index is 10.7. The standard InChI is InChI=1S/C11H15NO2S/c1-9(2)15-8-7-10-5-3-4-6-11(10)12(13)14/h3-6,9H,7-8H2,1-2H3. The molecule has 1 aromatic carbocycles. The molecule has 0 saturated heterocycles. The van der Waals surface area contributed by atoms with Crippen molar-refractivity contribution in [1.82, 2.24) is 0 Å². The molecule has 15 heavy (non-hydrogen) atoms. The van der Waals surface area contributed by atoms with Crippen molar-refractivity contribution >= 4 is 17.4 Å². The molecule has 0 heterocycles. The topological polar surface area (TPSA) is 43.1 Å². The van der Waals surface area contributed by atoms with Crippen molar-refractivity contribution in [3.8, 4) is 0 Å². The second-order valence-corrected chi connectivity index (χ2v) is 5.24. The van der Waals surface area contributed by atoms with Crippen molar-refractivity contribution in [2.24, 2.45) is 0 Å². The molecule has 0 radical (unpaired) electrons. The molecule has 0 atom stereocenters. The van der Waals surface area contributed by atoms with Gasteiger partial charge in [0.05, 0.1) is 4.92 Å². The molecule has 4 heteroatoms. The molecule has 0 amide bonds. The Hall–Kier alpha value is -1.03. The van der Waals surface area contributed by atoms with Crippen LogP contribution >= 0.6 is 11.8 Å². The number of para-hydroxylation sites is 1. The Balaban J connectivity index is 2.63. The Morgan fingerprint density at radius 3 is 2.67 bits per heavy atom. The van der Waals surface area contributed by atoms with E-state index in [-0.39, 0.29) is 10.6 Å². The summed E-state index contributed by atoms with van der Waals surface area (Å²) in [6.07, 6.45) is 0.764. The normalized spacial score (nSPS) is 10.6. The van der Waals surface area contributed by atoms with Crippen LogP contribution in [0.5, 0.6) is 0 Å². The van der Waals surface area contributed by atoms with Gasteiger partial charge in [0.1, 0.15) is 0 Å². The van der Waals surface area contributed by atoms with Crippen molar-refractivity contribution in [2.45, 2.75) is 25.5 Å². The number of nitrogens with zero attached hydrogens (tertiary/aromatic N) is 1. The Morgan fingerprint density at radius 2 is 2.07 bits per heavy atom. The first-order chi connectivity index (χ1) is 7.11. The van der Waals surface area contributed by atoms with Crippen LogP contribution in [0.15, 0.2) is 24.3 Å². The second kappa shape index (κ2) is 5.75. The first-order valence-corrected chi connectivity index (χ1v) is 6.00. The maximum Gasteiger partial charge on any atom is 0.272 e. The lowest BCUT2D eigenvalue weighted by atomic mass is 10.1. The highest BCUT2D eigenvalue weighted by atomic mass is 32.2. The van der Waals surface area contributed by atoms with Gasteiger partial charge < -0.3 is 0 Å². The summed E-state index contributed by atoms with van der Waals surface area (Å²) in [6, 6.07) is 6.95. The maximum atomic E-state index is 10.7. The molecular weight excluding hydrogens is 210 g/mol. The number of benzene rings is 1. The van der Waals surface area contributed by atoms with Crippen molar-refractivity contribution in [1.29, 1.82) is 0 Å². The molecule has 0 aliphatic carbocycles. The van der Waals surface area contributed by atoms with Crippen molar-refractivity contribution in [3.63, 3.8) is 0 Å². The van der Waals surface area contributed by atoms with Crippen LogP contribution in [-0.4, -0.2) is 15.9 Å². The van der Waals surface area contributed by atoms with Crippen molar-refractivity contribution < 1.29 is 4.92 Å². The van der Waals surface area contributed by atoms with Gasteiger partial charge in [-0.05, 0) is 17.4 Å². The third kappa shape index (κ3) is 3.91. The van der Waals surface area contributed by atoms with E-state index in [9.17, 15) is 10.1 Å². The van der Waals surface area contributed by atoms with Gasteiger partial charge in [0, 0.05) is 11.6 Å². The molecule has 0 aromatic heterocycles. The van der Waals surface area contributed by atoms with Gasteiger partial charge in [-0.1, -0.05) is 32.0 Å². The van der Waals surface area contributed by atoms with Gasteiger partial charge >= 0.3 is 0 Å². The summed E-state index contributed by atoms with van der Waals surface area (Å²) in [5.41, 5.74) is 1.07. The molecule has 1 rings (SSSR count). The van der Waals surface area contributed by atoms with Crippen LogP contribution in [0.4, 0.5) is 5.69 Å². The SMILES string of the molecule is CC(C)SCCc1ccccc1[N+](=O)[O-]. The average Bonchev–Trinajstić information content (AvgIpc) is 2.17. The van der Waals surface area contributed by atoms with Crippen LogP contribution in [-0.2, 0) is 6.42 Å². The highest BCUT2D eigenvalue weighted by Gasteiger charge is 2.11. The fraction of sp³-hybridized carbons (Fsp3) is 0.455. The number of rotatable bonds is 5. The van der Waals surface area contributed by atoms with Gasteiger partial charge in [-0.3, -0.25) is 10.1 Å². The molecule has 82 valence electrons. The van der Waals surface area contributed by atoms with Gasteiger partial charge in [0.25, 0.3) is 5.69 Å². The van der Waals surface area contributed by atoms with E-state index in [1.807, 2.05) is 23.9 Å². The highest BCUT2D eigenvalue weighted by Crippen LogP contribution is 2.20. The van der Waals surface area contributed by atoms with Gasteiger partial charge in [0.2, 0.25) is 0 Å². The van der Waals surface area contributed by atoms with E-state index in [1.165, 1.54) is 0 Å². The predicted molar refractivity (Wildman–Crippen MR) is 64.4 cm³/mol. The molecule has 0 bridgehead atoms. The fourth-order valence-corrected chi connectivity index (χ4v) is 2.11. The van der Waals surface area contributed by atoms with Gasteiger partial charge in [-0.25, -0.2) is 0 Å². The van der Waals surface area contributed by atoms with E-state index >= 15 is 0 Å². The van der Waals surface area contributed by atoms with Gasteiger partial charge in [0.15, 0.2) is 0 Å². The van der Waals surface area contributed by atoms with E-state index in [1.54, 1.807) is 12.1 Å².